The fourth-order valence-electron chi connectivity index (χ4n) is 2.29. The minimum absolute atomic E-state index is 0.500. The maximum atomic E-state index is 6.19. The molecule has 0 spiro atoms. The van der Waals surface area contributed by atoms with E-state index in [-0.39, 0.29) is 0 Å². The number of hydrogen-bond acceptors (Lipinski definition) is 6. The van der Waals surface area contributed by atoms with E-state index in [1.807, 2.05) is 18.2 Å². The van der Waals surface area contributed by atoms with Gasteiger partial charge in [0.25, 0.3) is 0 Å². The molecule has 2 aromatic carbocycles. The molecule has 0 fully saturated rings. The Morgan fingerprint density at radius 2 is 1.54 bits per heavy atom. The molecule has 0 aliphatic carbocycles. The Bertz CT molecular complexity index is 901. The van der Waals surface area contributed by atoms with Crippen LogP contribution in [-0.2, 0) is 0 Å². The van der Waals surface area contributed by atoms with Crippen molar-refractivity contribution in [3.63, 3.8) is 0 Å². The molecule has 0 saturated heterocycles. The molecule has 1 aromatic heterocycles. The second-order valence-electron chi connectivity index (χ2n) is 5.20. The molecule has 26 heavy (non-hydrogen) atoms. The van der Waals surface area contributed by atoms with Gasteiger partial charge in [0.2, 0.25) is 0 Å². The number of aromatic nitrogens is 2. The Morgan fingerprint density at radius 1 is 0.846 bits per heavy atom. The van der Waals surface area contributed by atoms with E-state index < -0.39 is 0 Å². The summed E-state index contributed by atoms with van der Waals surface area (Å²) in [6, 6.07) is 12.4. The summed E-state index contributed by atoms with van der Waals surface area (Å²) >= 11 is 12.4. The summed E-state index contributed by atoms with van der Waals surface area (Å²) in [6.45, 7) is 0. The van der Waals surface area contributed by atoms with Crippen molar-refractivity contribution in [2.75, 3.05) is 24.9 Å². The van der Waals surface area contributed by atoms with Gasteiger partial charge in [0, 0.05) is 12.1 Å². The first kappa shape index (κ1) is 18.1. The first-order valence-corrected chi connectivity index (χ1v) is 8.38. The van der Waals surface area contributed by atoms with Gasteiger partial charge in [-0.05, 0) is 24.3 Å². The van der Waals surface area contributed by atoms with Crippen LogP contribution in [0.1, 0.15) is 0 Å². The average Bonchev–Trinajstić information content (AvgIpc) is 2.65. The van der Waals surface area contributed by atoms with Crippen LogP contribution in [0.3, 0.4) is 0 Å². The van der Waals surface area contributed by atoms with E-state index in [0.29, 0.717) is 44.6 Å². The minimum Gasteiger partial charge on any atom is -0.497 e. The van der Waals surface area contributed by atoms with Crippen molar-refractivity contribution < 1.29 is 9.47 Å². The highest BCUT2D eigenvalue weighted by Crippen LogP contribution is 2.34. The number of nitrogens with zero attached hydrogens (tertiary/aromatic N) is 2. The molecular weight excluding hydrogens is 375 g/mol. The standard InChI is InChI=1S/C18H16Cl2N4O2/c1-25-11-6-7-15(26-2)14(8-11)23-16-9-17(22-10-21-16)24-18-12(19)4-3-5-13(18)20/h3-10H,1-2H3,(H2,21,22,23,24). The summed E-state index contributed by atoms with van der Waals surface area (Å²) < 4.78 is 10.6. The number of para-hydroxylation sites is 1. The number of halogens is 2. The van der Waals surface area contributed by atoms with Crippen LogP contribution in [0.5, 0.6) is 11.5 Å². The Morgan fingerprint density at radius 3 is 2.19 bits per heavy atom. The van der Waals surface area contributed by atoms with Gasteiger partial charge in [-0.15, -0.1) is 0 Å². The smallest absolute Gasteiger partial charge is 0.142 e. The van der Waals surface area contributed by atoms with E-state index in [2.05, 4.69) is 20.6 Å². The summed E-state index contributed by atoms with van der Waals surface area (Å²) in [7, 11) is 3.20. The first-order chi connectivity index (χ1) is 12.6. The van der Waals surface area contributed by atoms with E-state index >= 15 is 0 Å². The molecule has 0 unspecified atom stereocenters. The van der Waals surface area contributed by atoms with Gasteiger partial charge in [0.05, 0.1) is 35.6 Å². The zero-order valence-corrected chi connectivity index (χ0v) is 15.6. The fourth-order valence-corrected chi connectivity index (χ4v) is 2.78. The maximum absolute atomic E-state index is 6.19. The lowest BCUT2D eigenvalue weighted by molar-refractivity contribution is 0.405. The van der Waals surface area contributed by atoms with E-state index in [1.54, 1.807) is 38.5 Å². The molecule has 134 valence electrons. The molecule has 0 aliphatic rings. The number of rotatable bonds is 6. The van der Waals surface area contributed by atoms with Gasteiger partial charge in [0.1, 0.15) is 29.5 Å². The van der Waals surface area contributed by atoms with Crippen LogP contribution in [0, 0.1) is 0 Å². The van der Waals surface area contributed by atoms with Gasteiger partial charge < -0.3 is 20.1 Å². The van der Waals surface area contributed by atoms with Gasteiger partial charge in [-0.25, -0.2) is 9.97 Å². The van der Waals surface area contributed by atoms with Crippen molar-refractivity contribution in [3.8, 4) is 11.5 Å². The number of anilines is 4. The summed E-state index contributed by atoms with van der Waals surface area (Å²) in [4.78, 5) is 8.43. The van der Waals surface area contributed by atoms with E-state index in [4.69, 9.17) is 32.7 Å². The first-order valence-electron chi connectivity index (χ1n) is 7.63. The van der Waals surface area contributed by atoms with Gasteiger partial charge in [0.15, 0.2) is 0 Å². The summed E-state index contributed by atoms with van der Waals surface area (Å²) in [5.74, 6) is 2.47. The topological polar surface area (TPSA) is 68.3 Å². The van der Waals surface area contributed by atoms with Crippen LogP contribution in [0.4, 0.5) is 23.0 Å². The van der Waals surface area contributed by atoms with Crippen molar-refractivity contribution in [1.29, 1.82) is 0 Å². The third-order valence-electron chi connectivity index (χ3n) is 3.55. The Labute approximate surface area is 161 Å². The third-order valence-corrected chi connectivity index (χ3v) is 4.18. The predicted octanol–water partition coefficient (Wildman–Crippen LogP) is 5.29. The molecule has 0 atom stereocenters. The van der Waals surface area contributed by atoms with Gasteiger partial charge in [-0.2, -0.15) is 0 Å². The van der Waals surface area contributed by atoms with Crippen molar-refractivity contribution in [2.45, 2.75) is 0 Å². The minimum atomic E-state index is 0.500. The molecule has 3 rings (SSSR count). The van der Waals surface area contributed by atoms with Gasteiger partial charge in [-0.1, -0.05) is 29.3 Å². The monoisotopic (exact) mass is 390 g/mol. The summed E-state index contributed by atoms with van der Waals surface area (Å²) in [6.07, 6.45) is 1.43. The number of benzene rings is 2. The van der Waals surface area contributed by atoms with E-state index in [9.17, 15) is 0 Å². The molecule has 2 N–H and O–H groups in total. The molecule has 0 aliphatic heterocycles. The summed E-state index contributed by atoms with van der Waals surface area (Å²) in [5.41, 5.74) is 1.30. The third kappa shape index (κ3) is 4.09. The SMILES string of the molecule is COc1ccc(OC)c(Nc2cc(Nc3c(Cl)cccc3Cl)ncn2)c1. The second kappa shape index (κ2) is 8.12. The van der Waals surface area contributed by atoms with Crippen molar-refractivity contribution in [3.05, 3.63) is 58.8 Å². The van der Waals surface area contributed by atoms with Crippen LogP contribution in [0.2, 0.25) is 10.0 Å². The largest absolute Gasteiger partial charge is 0.497 e. The number of hydrogen-bond donors (Lipinski definition) is 2. The zero-order chi connectivity index (χ0) is 18.5. The molecular formula is C18H16Cl2N4O2. The van der Waals surface area contributed by atoms with Crippen LogP contribution < -0.4 is 20.1 Å². The van der Waals surface area contributed by atoms with Gasteiger partial charge in [-0.3, -0.25) is 0 Å². The lowest BCUT2D eigenvalue weighted by atomic mass is 10.2. The predicted molar refractivity (Wildman–Crippen MR) is 105 cm³/mol. The highest BCUT2D eigenvalue weighted by Gasteiger charge is 2.09. The molecule has 0 amide bonds. The van der Waals surface area contributed by atoms with Crippen LogP contribution in [-0.4, -0.2) is 24.2 Å². The molecule has 0 saturated carbocycles. The highest BCUT2D eigenvalue weighted by molar-refractivity contribution is 6.39. The van der Waals surface area contributed by atoms with E-state index in [1.165, 1.54) is 6.33 Å². The fraction of sp³-hybridized carbons (Fsp3) is 0.111. The van der Waals surface area contributed by atoms with Crippen molar-refractivity contribution >= 4 is 46.2 Å². The Balaban J connectivity index is 1.86. The number of nitrogens with one attached hydrogen (secondary N) is 2. The quantitative estimate of drug-likeness (QED) is 0.595. The Kier molecular flexibility index (Phi) is 5.65. The van der Waals surface area contributed by atoms with E-state index in [0.717, 1.165) is 0 Å². The molecule has 0 bridgehead atoms. The Hall–Kier alpha value is -2.70. The summed E-state index contributed by atoms with van der Waals surface area (Å²) in [5, 5.41) is 7.30. The van der Waals surface area contributed by atoms with Crippen LogP contribution in [0.15, 0.2) is 48.8 Å². The molecule has 1 heterocycles. The van der Waals surface area contributed by atoms with Crippen molar-refractivity contribution in [2.24, 2.45) is 0 Å². The van der Waals surface area contributed by atoms with Crippen molar-refractivity contribution in [1.82, 2.24) is 9.97 Å². The molecule has 6 nitrogen and oxygen atoms in total. The maximum Gasteiger partial charge on any atom is 0.142 e. The van der Waals surface area contributed by atoms with Crippen LogP contribution in [0.25, 0.3) is 0 Å². The number of ether oxygens (including phenoxy) is 2. The number of methoxy groups -OCH3 is 2. The lowest BCUT2D eigenvalue weighted by Crippen LogP contribution is -2.00. The second-order valence-corrected chi connectivity index (χ2v) is 6.02. The normalized spacial score (nSPS) is 10.3. The highest BCUT2D eigenvalue weighted by atomic mass is 35.5. The van der Waals surface area contributed by atoms with Crippen LogP contribution >= 0.6 is 23.2 Å². The molecule has 8 heteroatoms. The lowest BCUT2D eigenvalue weighted by Gasteiger charge is -2.13. The average molecular weight is 391 g/mol. The van der Waals surface area contributed by atoms with Gasteiger partial charge >= 0.3 is 0 Å². The molecule has 0 radical (unpaired) electrons. The zero-order valence-electron chi connectivity index (χ0n) is 14.1. The molecule has 3 aromatic rings.